The van der Waals surface area contributed by atoms with Crippen molar-refractivity contribution in [3.8, 4) is 11.5 Å². The second-order valence-electron chi connectivity index (χ2n) is 5.98. The van der Waals surface area contributed by atoms with Crippen molar-refractivity contribution in [3.63, 3.8) is 0 Å². The monoisotopic (exact) mass is 415 g/mol. The lowest BCUT2D eigenvalue weighted by Crippen LogP contribution is -2.43. The summed E-state index contributed by atoms with van der Waals surface area (Å²) in [6.07, 6.45) is 2.55. The average Bonchev–Trinajstić information content (AvgIpc) is 3.02. The molecule has 5 nitrogen and oxygen atoms in total. The van der Waals surface area contributed by atoms with Crippen molar-refractivity contribution >= 4 is 33.7 Å². The molecule has 1 aliphatic rings. The van der Waals surface area contributed by atoms with Crippen LogP contribution >= 0.6 is 27.7 Å². The molecule has 0 radical (unpaired) electrons. The first kappa shape index (κ1) is 19.2. The Morgan fingerprint density at radius 1 is 1.29 bits per heavy atom. The van der Waals surface area contributed by atoms with Crippen LogP contribution in [0.3, 0.4) is 0 Å². The van der Waals surface area contributed by atoms with Crippen LogP contribution in [-0.4, -0.2) is 44.3 Å². The van der Waals surface area contributed by atoms with E-state index in [0.717, 1.165) is 28.3 Å². The first-order valence-corrected chi connectivity index (χ1v) is 9.78. The van der Waals surface area contributed by atoms with E-state index in [4.69, 9.17) is 9.47 Å². The highest BCUT2D eigenvalue weighted by Gasteiger charge is 2.29. The van der Waals surface area contributed by atoms with E-state index in [9.17, 15) is 0 Å². The Morgan fingerprint density at radius 3 is 2.58 bits per heavy atom. The molecule has 0 spiro atoms. The number of rotatable bonds is 6. The number of aliphatic imine (C=N–C) groups is 1. The largest absolute Gasteiger partial charge is 0.493 e. The quantitative estimate of drug-likeness (QED) is 0.550. The molecule has 7 heteroatoms. The van der Waals surface area contributed by atoms with Gasteiger partial charge in [-0.3, -0.25) is 4.99 Å². The molecule has 0 amide bonds. The summed E-state index contributed by atoms with van der Waals surface area (Å²) in [6.45, 7) is 3.88. The maximum Gasteiger partial charge on any atom is 0.191 e. The zero-order chi connectivity index (χ0) is 17.6. The van der Waals surface area contributed by atoms with Crippen LogP contribution in [-0.2, 0) is 6.54 Å². The van der Waals surface area contributed by atoms with Gasteiger partial charge in [0.05, 0.1) is 14.2 Å². The zero-order valence-corrected chi connectivity index (χ0v) is 17.1. The SMILES string of the molecule is CN=C(NCc1cc(OC)c(OC)cc1Br)NCC1(C)CCCS1. The van der Waals surface area contributed by atoms with E-state index < -0.39 is 0 Å². The molecule has 0 aliphatic carbocycles. The lowest BCUT2D eigenvalue weighted by Gasteiger charge is -2.24. The fraction of sp³-hybridized carbons (Fsp3) is 0.588. The van der Waals surface area contributed by atoms with Crippen LogP contribution in [0.15, 0.2) is 21.6 Å². The van der Waals surface area contributed by atoms with Crippen molar-refractivity contribution in [2.45, 2.75) is 31.1 Å². The highest BCUT2D eigenvalue weighted by atomic mass is 79.9. The van der Waals surface area contributed by atoms with Gasteiger partial charge in [0.15, 0.2) is 17.5 Å². The number of hydrogen-bond acceptors (Lipinski definition) is 4. The molecule has 2 rings (SSSR count). The predicted octanol–water partition coefficient (Wildman–Crippen LogP) is 3.42. The van der Waals surface area contributed by atoms with Gasteiger partial charge in [-0.2, -0.15) is 11.8 Å². The van der Waals surface area contributed by atoms with Crippen molar-refractivity contribution in [1.29, 1.82) is 0 Å². The number of hydrogen-bond donors (Lipinski definition) is 2. The van der Waals surface area contributed by atoms with E-state index in [-0.39, 0.29) is 0 Å². The molecule has 1 unspecified atom stereocenters. The summed E-state index contributed by atoms with van der Waals surface area (Å²) in [6, 6.07) is 3.89. The van der Waals surface area contributed by atoms with E-state index in [1.165, 1.54) is 18.6 Å². The molecule has 2 N–H and O–H groups in total. The zero-order valence-electron chi connectivity index (χ0n) is 14.7. The third-order valence-electron chi connectivity index (χ3n) is 4.15. The van der Waals surface area contributed by atoms with Crippen LogP contribution in [0.2, 0.25) is 0 Å². The Bertz CT molecular complexity index is 589. The minimum absolute atomic E-state index is 0.307. The number of nitrogens with zero attached hydrogens (tertiary/aromatic N) is 1. The summed E-state index contributed by atoms with van der Waals surface area (Å²) in [5.41, 5.74) is 1.08. The molecule has 0 saturated carbocycles. The summed E-state index contributed by atoms with van der Waals surface area (Å²) in [4.78, 5) is 4.32. The van der Waals surface area contributed by atoms with Gasteiger partial charge < -0.3 is 20.1 Å². The lowest BCUT2D eigenvalue weighted by atomic mass is 10.1. The minimum atomic E-state index is 0.307. The summed E-state index contributed by atoms with van der Waals surface area (Å²) in [7, 11) is 5.07. The van der Waals surface area contributed by atoms with Crippen molar-refractivity contribution < 1.29 is 9.47 Å². The molecule has 0 aromatic heterocycles. The van der Waals surface area contributed by atoms with E-state index in [1.807, 2.05) is 23.9 Å². The van der Waals surface area contributed by atoms with Crippen LogP contribution in [0, 0.1) is 0 Å². The fourth-order valence-electron chi connectivity index (χ4n) is 2.68. The predicted molar refractivity (Wildman–Crippen MR) is 106 cm³/mol. The average molecular weight is 416 g/mol. The number of benzene rings is 1. The lowest BCUT2D eigenvalue weighted by molar-refractivity contribution is 0.354. The van der Waals surface area contributed by atoms with E-state index in [2.05, 4.69) is 38.5 Å². The van der Waals surface area contributed by atoms with Crippen molar-refractivity contribution in [3.05, 3.63) is 22.2 Å². The Morgan fingerprint density at radius 2 is 2.00 bits per heavy atom. The van der Waals surface area contributed by atoms with E-state index >= 15 is 0 Å². The Hall–Kier alpha value is -1.08. The molecule has 1 aromatic rings. The molecule has 1 fully saturated rings. The van der Waals surface area contributed by atoms with Crippen LogP contribution in [0.25, 0.3) is 0 Å². The smallest absolute Gasteiger partial charge is 0.191 e. The van der Waals surface area contributed by atoms with Gasteiger partial charge in [-0.1, -0.05) is 15.9 Å². The van der Waals surface area contributed by atoms with E-state index in [1.54, 1.807) is 21.3 Å². The van der Waals surface area contributed by atoms with Crippen LogP contribution < -0.4 is 20.1 Å². The van der Waals surface area contributed by atoms with Crippen molar-refractivity contribution in [2.24, 2.45) is 4.99 Å². The van der Waals surface area contributed by atoms with Crippen LogP contribution in [0.4, 0.5) is 0 Å². The number of halogens is 1. The Kier molecular flexibility index (Phi) is 7.10. The van der Waals surface area contributed by atoms with Crippen LogP contribution in [0.1, 0.15) is 25.3 Å². The molecular weight excluding hydrogens is 390 g/mol. The number of nitrogens with one attached hydrogen (secondary N) is 2. The Balaban J connectivity index is 1.95. The van der Waals surface area contributed by atoms with Gasteiger partial charge in [-0.15, -0.1) is 0 Å². The molecule has 1 saturated heterocycles. The summed E-state index contributed by atoms with van der Waals surface area (Å²) < 4.78 is 12.0. The second kappa shape index (κ2) is 8.85. The van der Waals surface area contributed by atoms with Gasteiger partial charge in [0.2, 0.25) is 0 Å². The standard InChI is InChI=1S/C17H26BrN3O2S/c1-17(6-5-7-24-17)11-21-16(19-2)20-10-12-8-14(22-3)15(23-4)9-13(12)18/h8-9H,5-7,10-11H2,1-4H3,(H2,19,20,21). The second-order valence-corrected chi connectivity index (χ2v) is 8.52. The molecule has 134 valence electrons. The molecule has 1 aromatic carbocycles. The van der Waals surface area contributed by atoms with Crippen LogP contribution in [0.5, 0.6) is 11.5 Å². The number of methoxy groups -OCH3 is 2. The van der Waals surface area contributed by atoms with E-state index in [0.29, 0.717) is 17.0 Å². The van der Waals surface area contributed by atoms with Gasteiger partial charge in [0.25, 0.3) is 0 Å². The summed E-state index contributed by atoms with van der Waals surface area (Å²) in [5.74, 6) is 3.49. The molecule has 1 aliphatic heterocycles. The summed E-state index contributed by atoms with van der Waals surface area (Å²) in [5, 5.41) is 6.80. The highest BCUT2D eigenvalue weighted by molar-refractivity contribution is 9.10. The van der Waals surface area contributed by atoms with Gasteiger partial charge in [0, 0.05) is 29.4 Å². The van der Waals surface area contributed by atoms with Gasteiger partial charge in [-0.25, -0.2) is 0 Å². The molecule has 1 atom stereocenters. The number of guanidine groups is 1. The normalized spacial score (nSPS) is 20.8. The number of thioether (sulfide) groups is 1. The maximum absolute atomic E-state index is 5.37. The fourth-order valence-corrected chi connectivity index (χ4v) is 4.39. The topological polar surface area (TPSA) is 54.9 Å². The highest BCUT2D eigenvalue weighted by Crippen LogP contribution is 2.37. The van der Waals surface area contributed by atoms with Crippen molar-refractivity contribution in [1.82, 2.24) is 10.6 Å². The molecule has 24 heavy (non-hydrogen) atoms. The third-order valence-corrected chi connectivity index (χ3v) is 6.43. The van der Waals surface area contributed by atoms with Gasteiger partial charge >= 0.3 is 0 Å². The number of ether oxygens (including phenoxy) is 2. The van der Waals surface area contributed by atoms with Crippen molar-refractivity contribution in [2.75, 3.05) is 33.6 Å². The third kappa shape index (κ3) is 4.96. The maximum atomic E-state index is 5.37. The summed E-state index contributed by atoms with van der Waals surface area (Å²) >= 11 is 5.63. The molecule has 1 heterocycles. The minimum Gasteiger partial charge on any atom is -0.493 e. The molecular formula is C17H26BrN3O2S. The Labute approximate surface area is 157 Å². The van der Waals surface area contributed by atoms with Gasteiger partial charge in [-0.05, 0) is 43.2 Å². The molecule has 0 bridgehead atoms. The van der Waals surface area contributed by atoms with Gasteiger partial charge in [0.1, 0.15) is 0 Å². The first-order valence-electron chi connectivity index (χ1n) is 8.00. The first-order chi connectivity index (χ1) is 11.5.